The Bertz CT molecular complexity index is 1110. The Labute approximate surface area is 157 Å². The first-order valence-electron chi connectivity index (χ1n) is 8.64. The molecule has 0 radical (unpaired) electrons. The fourth-order valence-electron chi connectivity index (χ4n) is 3.04. The zero-order valence-electron chi connectivity index (χ0n) is 14.8. The number of carbonyl (C=O) groups excluding carboxylic acids is 1. The van der Waals surface area contributed by atoms with Crippen molar-refractivity contribution in [1.29, 1.82) is 0 Å². The standard InChI is InChI=1S/C23H18N2O2/c1-27-22-14-18(10-12-20(22)16-6-3-2-4-7-16)23(26)25-19-11-9-17-8-5-13-24-21(17)15-19/h2-15H,1H3,(H,25,26). The van der Waals surface area contributed by atoms with Crippen molar-refractivity contribution in [3.8, 4) is 16.9 Å². The van der Waals surface area contributed by atoms with Crippen molar-refractivity contribution >= 4 is 22.5 Å². The van der Waals surface area contributed by atoms with Crippen LogP contribution in [0.1, 0.15) is 10.4 Å². The van der Waals surface area contributed by atoms with E-state index in [1.54, 1.807) is 25.4 Å². The predicted molar refractivity (Wildman–Crippen MR) is 108 cm³/mol. The Morgan fingerprint density at radius 1 is 0.926 bits per heavy atom. The summed E-state index contributed by atoms with van der Waals surface area (Å²) in [5.41, 5.74) is 4.07. The summed E-state index contributed by atoms with van der Waals surface area (Å²) < 4.78 is 5.51. The van der Waals surface area contributed by atoms with Gasteiger partial charge in [-0.05, 0) is 42.0 Å². The van der Waals surface area contributed by atoms with Crippen molar-refractivity contribution in [3.63, 3.8) is 0 Å². The number of nitrogens with zero attached hydrogens (tertiary/aromatic N) is 1. The molecule has 0 aliphatic carbocycles. The second-order valence-electron chi connectivity index (χ2n) is 6.15. The van der Waals surface area contributed by atoms with Crippen LogP contribution < -0.4 is 10.1 Å². The molecule has 4 aromatic rings. The van der Waals surface area contributed by atoms with Crippen molar-refractivity contribution in [2.75, 3.05) is 12.4 Å². The number of aromatic nitrogens is 1. The van der Waals surface area contributed by atoms with Gasteiger partial charge in [-0.1, -0.05) is 42.5 Å². The van der Waals surface area contributed by atoms with Gasteiger partial charge in [0.2, 0.25) is 0 Å². The molecule has 3 aromatic carbocycles. The number of nitrogens with one attached hydrogen (secondary N) is 1. The van der Waals surface area contributed by atoms with E-state index in [1.807, 2.05) is 66.7 Å². The highest BCUT2D eigenvalue weighted by atomic mass is 16.5. The number of ether oxygens (including phenoxy) is 1. The fourth-order valence-corrected chi connectivity index (χ4v) is 3.04. The molecule has 0 bridgehead atoms. The van der Waals surface area contributed by atoms with Crippen molar-refractivity contribution in [3.05, 3.63) is 90.6 Å². The van der Waals surface area contributed by atoms with Crippen LogP contribution in [0.4, 0.5) is 5.69 Å². The van der Waals surface area contributed by atoms with Gasteiger partial charge < -0.3 is 10.1 Å². The molecule has 4 rings (SSSR count). The molecule has 0 unspecified atom stereocenters. The summed E-state index contributed by atoms with van der Waals surface area (Å²) in [7, 11) is 1.61. The number of hydrogen-bond donors (Lipinski definition) is 1. The maximum absolute atomic E-state index is 12.7. The van der Waals surface area contributed by atoms with E-state index in [9.17, 15) is 4.79 Å². The zero-order valence-corrected chi connectivity index (χ0v) is 14.8. The monoisotopic (exact) mass is 354 g/mol. The maximum Gasteiger partial charge on any atom is 0.255 e. The number of carbonyl (C=O) groups is 1. The summed E-state index contributed by atoms with van der Waals surface area (Å²) in [6.07, 6.45) is 1.74. The van der Waals surface area contributed by atoms with E-state index in [2.05, 4.69) is 10.3 Å². The van der Waals surface area contributed by atoms with E-state index in [4.69, 9.17) is 4.74 Å². The molecule has 1 aromatic heterocycles. The predicted octanol–water partition coefficient (Wildman–Crippen LogP) is 5.16. The molecule has 0 atom stereocenters. The molecule has 0 aliphatic rings. The lowest BCUT2D eigenvalue weighted by Crippen LogP contribution is -2.12. The SMILES string of the molecule is COc1cc(C(=O)Nc2ccc3cccnc3c2)ccc1-c1ccccc1. The van der Waals surface area contributed by atoms with Gasteiger partial charge in [0.25, 0.3) is 5.91 Å². The summed E-state index contributed by atoms with van der Waals surface area (Å²) in [6.45, 7) is 0. The van der Waals surface area contributed by atoms with Gasteiger partial charge in [-0.25, -0.2) is 0 Å². The Balaban J connectivity index is 1.61. The highest BCUT2D eigenvalue weighted by Gasteiger charge is 2.12. The molecule has 0 aliphatic heterocycles. The molecule has 1 amide bonds. The van der Waals surface area contributed by atoms with Gasteiger partial charge in [-0.3, -0.25) is 9.78 Å². The molecule has 27 heavy (non-hydrogen) atoms. The van der Waals surface area contributed by atoms with E-state index in [0.717, 1.165) is 22.0 Å². The van der Waals surface area contributed by atoms with Crippen molar-refractivity contribution < 1.29 is 9.53 Å². The first-order valence-corrected chi connectivity index (χ1v) is 8.64. The Hall–Kier alpha value is -3.66. The van der Waals surface area contributed by atoms with E-state index >= 15 is 0 Å². The molecule has 0 saturated heterocycles. The summed E-state index contributed by atoms with van der Waals surface area (Å²) >= 11 is 0. The average molecular weight is 354 g/mol. The van der Waals surface area contributed by atoms with Crippen LogP contribution in [0.25, 0.3) is 22.0 Å². The van der Waals surface area contributed by atoms with Gasteiger partial charge in [-0.2, -0.15) is 0 Å². The number of anilines is 1. The highest BCUT2D eigenvalue weighted by Crippen LogP contribution is 2.31. The summed E-state index contributed by atoms with van der Waals surface area (Å²) in [5, 5.41) is 3.96. The van der Waals surface area contributed by atoms with Crippen molar-refractivity contribution in [2.45, 2.75) is 0 Å². The third-order valence-corrected chi connectivity index (χ3v) is 4.41. The van der Waals surface area contributed by atoms with Gasteiger partial charge in [0.05, 0.1) is 12.6 Å². The normalized spacial score (nSPS) is 10.6. The minimum absolute atomic E-state index is 0.191. The van der Waals surface area contributed by atoms with E-state index in [0.29, 0.717) is 17.0 Å². The molecule has 4 heteroatoms. The number of fused-ring (bicyclic) bond motifs is 1. The first-order chi connectivity index (χ1) is 13.2. The summed E-state index contributed by atoms with van der Waals surface area (Å²) in [4.78, 5) is 17.0. The molecule has 0 saturated carbocycles. The number of hydrogen-bond acceptors (Lipinski definition) is 3. The Morgan fingerprint density at radius 3 is 2.59 bits per heavy atom. The van der Waals surface area contributed by atoms with Crippen molar-refractivity contribution in [1.82, 2.24) is 4.98 Å². The lowest BCUT2D eigenvalue weighted by Gasteiger charge is -2.11. The molecule has 0 spiro atoms. The second-order valence-corrected chi connectivity index (χ2v) is 6.15. The topological polar surface area (TPSA) is 51.2 Å². The molecule has 1 N–H and O–H groups in total. The quantitative estimate of drug-likeness (QED) is 0.550. The number of methoxy groups -OCH3 is 1. The minimum Gasteiger partial charge on any atom is -0.496 e. The third kappa shape index (κ3) is 3.51. The highest BCUT2D eigenvalue weighted by molar-refractivity contribution is 6.05. The van der Waals surface area contributed by atoms with E-state index < -0.39 is 0 Å². The van der Waals surface area contributed by atoms with Gasteiger partial charge >= 0.3 is 0 Å². The molecule has 1 heterocycles. The van der Waals surface area contributed by atoms with Crippen LogP contribution in [0.5, 0.6) is 5.75 Å². The molecule has 4 nitrogen and oxygen atoms in total. The fraction of sp³-hybridized carbons (Fsp3) is 0.0435. The molecule has 132 valence electrons. The van der Waals surface area contributed by atoms with E-state index in [1.165, 1.54) is 0 Å². The maximum atomic E-state index is 12.7. The smallest absolute Gasteiger partial charge is 0.255 e. The summed E-state index contributed by atoms with van der Waals surface area (Å²) in [6, 6.07) is 25.0. The van der Waals surface area contributed by atoms with Crippen LogP contribution in [0, 0.1) is 0 Å². The largest absolute Gasteiger partial charge is 0.496 e. The Morgan fingerprint density at radius 2 is 1.78 bits per heavy atom. The van der Waals surface area contributed by atoms with Gasteiger partial charge in [0, 0.05) is 28.4 Å². The van der Waals surface area contributed by atoms with Crippen LogP contribution in [0.15, 0.2) is 85.1 Å². The van der Waals surface area contributed by atoms with Crippen LogP contribution in [0.3, 0.4) is 0 Å². The number of benzene rings is 3. The molecular formula is C23H18N2O2. The summed E-state index contributed by atoms with van der Waals surface area (Å²) in [5.74, 6) is 0.470. The third-order valence-electron chi connectivity index (χ3n) is 4.41. The first kappa shape index (κ1) is 16.8. The van der Waals surface area contributed by atoms with Gasteiger partial charge in [0.15, 0.2) is 0 Å². The second kappa shape index (κ2) is 7.30. The zero-order chi connectivity index (χ0) is 18.6. The van der Waals surface area contributed by atoms with Crippen LogP contribution >= 0.6 is 0 Å². The van der Waals surface area contributed by atoms with Crippen LogP contribution in [-0.4, -0.2) is 18.0 Å². The minimum atomic E-state index is -0.191. The van der Waals surface area contributed by atoms with Gasteiger partial charge in [0.1, 0.15) is 5.75 Å². The molecular weight excluding hydrogens is 336 g/mol. The van der Waals surface area contributed by atoms with Gasteiger partial charge in [-0.15, -0.1) is 0 Å². The van der Waals surface area contributed by atoms with Crippen LogP contribution in [0.2, 0.25) is 0 Å². The number of amides is 1. The molecule has 0 fully saturated rings. The lowest BCUT2D eigenvalue weighted by molar-refractivity contribution is 0.102. The van der Waals surface area contributed by atoms with E-state index in [-0.39, 0.29) is 5.91 Å². The lowest BCUT2D eigenvalue weighted by atomic mass is 10.0. The number of rotatable bonds is 4. The van der Waals surface area contributed by atoms with Crippen LogP contribution in [-0.2, 0) is 0 Å². The Kier molecular flexibility index (Phi) is 4.54. The van der Waals surface area contributed by atoms with Crippen molar-refractivity contribution in [2.24, 2.45) is 0 Å². The number of pyridine rings is 1. The average Bonchev–Trinajstić information content (AvgIpc) is 2.73.